The third-order valence-corrected chi connectivity index (χ3v) is 3.59. The summed E-state index contributed by atoms with van der Waals surface area (Å²) in [6, 6.07) is 3.68. The van der Waals surface area contributed by atoms with Gasteiger partial charge in [0.25, 0.3) is 0 Å². The van der Waals surface area contributed by atoms with Crippen molar-refractivity contribution in [2.45, 2.75) is 45.3 Å². The van der Waals surface area contributed by atoms with Crippen molar-refractivity contribution in [3.05, 3.63) is 41.5 Å². The first-order valence-corrected chi connectivity index (χ1v) is 7.20. The van der Waals surface area contributed by atoms with Gasteiger partial charge in [-0.25, -0.2) is 0 Å². The molecule has 0 atom stereocenters. The fourth-order valence-electron chi connectivity index (χ4n) is 1.89. The maximum atomic E-state index is 12.9. The zero-order valence-electron chi connectivity index (χ0n) is 13.8. The normalized spacial score (nSPS) is 12.6. The highest BCUT2D eigenvalue weighted by molar-refractivity contribution is 5.62. The summed E-state index contributed by atoms with van der Waals surface area (Å²) >= 11 is 0. The molecule has 0 aliphatic rings. The Bertz CT molecular complexity index is 533. The molecule has 0 saturated heterocycles. The molecule has 1 aromatic carbocycles. The van der Waals surface area contributed by atoms with E-state index >= 15 is 0 Å². The monoisotopic (exact) mass is 315 g/mol. The smallest absolute Gasteiger partial charge is 0.416 e. The second kappa shape index (κ2) is 6.73. The number of hydrogen-bond donors (Lipinski definition) is 1. The molecule has 0 bridgehead atoms. The van der Waals surface area contributed by atoms with Crippen molar-refractivity contribution in [1.29, 1.82) is 0 Å². The molecule has 0 aromatic heterocycles. The van der Waals surface area contributed by atoms with Crippen LogP contribution in [0.25, 0.3) is 5.76 Å². The van der Waals surface area contributed by atoms with Crippen LogP contribution in [0, 0.1) is 0 Å². The number of nitrogens with one attached hydrogen (secondary N) is 1. The largest absolute Gasteiger partial charge is 0.492 e. The highest BCUT2D eigenvalue weighted by Gasteiger charge is 2.31. The van der Waals surface area contributed by atoms with E-state index in [2.05, 4.69) is 11.9 Å². The third-order valence-electron chi connectivity index (χ3n) is 3.59. The molecule has 5 heteroatoms. The Kier molecular flexibility index (Phi) is 5.68. The first kappa shape index (κ1) is 18.6. The molecule has 0 saturated carbocycles. The average molecular weight is 315 g/mol. The van der Waals surface area contributed by atoms with Gasteiger partial charge >= 0.3 is 6.18 Å². The molecule has 0 fully saturated rings. The molecule has 0 heterocycles. The van der Waals surface area contributed by atoms with Crippen LogP contribution in [0.1, 0.15) is 50.3 Å². The summed E-state index contributed by atoms with van der Waals surface area (Å²) in [5.74, 6) is 0.329. The van der Waals surface area contributed by atoms with E-state index in [9.17, 15) is 13.2 Å². The van der Waals surface area contributed by atoms with Crippen LogP contribution >= 0.6 is 0 Å². The Hall–Kier alpha value is -1.49. The van der Waals surface area contributed by atoms with Gasteiger partial charge in [0.05, 0.1) is 5.56 Å². The highest BCUT2D eigenvalue weighted by atomic mass is 19.4. The van der Waals surface area contributed by atoms with E-state index in [0.717, 1.165) is 6.07 Å². The third kappa shape index (κ3) is 4.77. The molecular formula is C17H24F3NO. The van der Waals surface area contributed by atoms with Crippen molar-refractivity contribution in [2.24, 2.45) is 0 Å². The quantitative estimate of drug-likeness (QED) is 0.760. The van der Waals surface area contributed by atoms with Crippen molar-refractivity contribution in [3.8, 4) is 0 Å². The number of hydrogen-bond acceptors (Lipinski definition) is 2. The Balaban J connectivity index is 3.06. The summed E-state index contributed by atoms with van der Waals surface area (Å²) < 4.78 is 44.2. The molecule has 1 rings (SSSR count). The summed E-state index contributed by atoms with van der Waals surface area (Å²) in [6.07, 6.45) is -4.35. The van der Waals surface area contributed by atoms with E-state index in [4.69, 9.17) is 4.74 Å². The van der Waals surface area contributed by atoms with Gasteiger partial charge < -0.3 is 10.1 Å². The van der Waals surface area contributed by atoms with Crippen molar-refractivity contribution < 1.29 is 17.9 Å². The molecule has 2 nitrogen and oxygen atoms in total. The van der Waals surface area contributed by atoms with Crippen molar-refractivity contribution >= 4 is 5.76 Å². The maximum absolute atomic E-state index is 12.9. The Morgan fingerprint density at radius 3 is 2.32 bits per heavy atom. The van der Waals surface area contributed by atoms with Gasteiger partial charge in [-0.2, -0.15) is 13.2 Å². The van der Waals surface area contributed by atoms with Crippen molar-refractivity contribution in [1.82, 2.24) is 5.32 Å². The van der Waals surface area contributed by atoms with E-state index in [0.29, 0.717) is 23.5 Å². The molecular weight excluding hydrogens is 291 g/mol. The summed E-state index contributed by atoms with van der Waals surface area (Å²) in [7, 11) is 1.82. The topological polar surface area (TPSA) is 21.3 Å². The minimum atomic E-state index is -4.35. The summed E-state index contributed by atoms with van der Waals surface area (Å²) in [4.78, 5) is 0. The van der Waals surface area contributed by atoms with Gasteiger partial charge in [0.1, 0.15) is 12.4 Å². The molecule has 1 aromatic rings. The van der Waals surface area contributed by atoms with Crippen molar-refractivity contribution in [2.75, 3.05) is 13.7 Å². The maximum Gasteiger partial charge on any atom is 0.416 e. The van der Waals surface area contributed by atoms with Gasteiger partial charge in [0.2, 0.25) is 0 Å². The van der Waals surface area contributed by atoms with Crippen LogP contribution in [0.15, 0.2) is 24.8 Å². The predicted octanol–water partition coefficient (Wildman–Crippen LogP) is 4.81. The van der Waals surface area contributed by atoms with Crippen LogP contribution in [0.5, 0.6) is 0 Å². The standard InChI is InChI=1S/C17H24F3NO/c1-11(2)15-9-13(17(18,19)20)7-8-14(15)12(3)22-10-16(4,5)21-6/h7-9,11,21H,3,10H2,1-2,4-6H3. The van der Waals surface area contributed by atoms with Crippen LogP contribution in [-0.4, -0.2) is 19.2 Å². The second-order valence-corrected chi connectivity index (χ2v) is 6.30. The Labute approximate surface area is 130 Å². The lowest BCUT2D eigenvalue weighted by atomic mass is 9.94. The van der Waals surface area contributed by atoms with Crippen LogP contribution in [-0.2, 0) is 10.9 Å². The van der Waals surface area contributed by atoms with Gasteiger partial charge in [0, 0.05) is 11.1 Å². The number of likely N-dealkylation sites (N-methyl/N-ethyl adjacent to an activating group) is 1. The van der Waals surface area contributed by atoms with Crippen LogP contribution in [0.4, 0.5) is 13.2 Å². The van der Waals surface area contributed by atoms with Crippen molar-refractivity contribution in [3.63, 3.8) is 0 Å². The van der Waals surface area contributed by atoms with Crippen LogP contribution in [0.3, 0.4) is 0 Å². The number of alkyl halides is 3. The van der Waals surface area contributed by atoms with Crippen LogP contribution in [0.2, 0.25) is 0 Å². The first-order chi connectivity index (χ1) is 9.98. The lowest BCUT2D eigenvalue weighted by molar-refractivity contribution is -0.137. The van der Waals surface area contributed by atoms with Gasteiger partial charge in [-0.15, -0.1) is 0 Å². The van der Waals surface area contributed by atoms with Crippen LogP contribution < -0.4 is 5.32 Å². The lowest BCUT2D eigenvalue weighted by Gasteiger charge is -2.25. The zero-order valence-corrected chi connectivity index (χ0v) is 13.8. The molecule has 0 unspecified atom stereocenters. The summed E-state index contributed by atoms with van der Waals surface area (Å²) in [6.45, 7) is 11.9. The molecule has 0 amide bonds. The molecule has 0 aliphatic carbocycles. The minimum absolute atomic E-state index is 0.0602. The van der Waals surface area contributed by atoms with E-state index in [-0.39, 0.29) is 11.5 Å². The Morgan fingerprint density at radius 1 is 1.27 bits per heavy atom. The number of rotatable bonds is 6. The molecule has 124 valence electrons. The minimum Gasteiger partial charge on any atom is -0.492 e. The number of halogens is 3. The number of ether oxygens (including phenoxy) is 1. The zero-order chi connectivity index (χ0) is 17.1. The Morgan fingerprint density at radius 2 is 1.86 bits per heavy atom. The average Bonchev–Trinajstić information content (AvgIpc) is 2.43. The molecule has 22 heavy (non-hydrogen) atoms. The number of benzene rings is 1. The SMILES string of the molecule is C=C(OCC(C)(C)NC)c1ccc(C(F)(F)F)cc1C(C)C. The molecule has 1 N–H and O–H groups in total. The second-order valence-electron chi connectivity index (χ2n) is 6.30. The van der Waals surface area contributed by atoms with Gasteiger partial charge in [0.15, 0.2) is 0 Å². The molecule has 0 spiro atoms. The van der Waals surface area contributed by atoms with Gasteiger partial charge in [-0.05, 0) is 44.5 Å². The summed E-state index contributed by atoms with van der Waals surface area (Å²) in [5, 5.41) is 3.10. The highest BCUT2D eigenvalue weighted by Crippen LogP contribution is 2.34. The molecule has 0 aliphatic heterocycles. The fraction of sp³-hybridized carbons (Fsp3) is 0.529. The summed E-state index contributed by atoms with van der Waals surface area (Å²) in [5.41, 5.74) is 0.313. The first-order valence-electron chi connectivity index (χ1n) is 7.20. The fourth-order valence-corrected chi connectivity index (χ4v) is 1.89. The predicted molar refractivity (Wildman–Crippen MR) is 83.7 cm³/mol. The van der Waals surface area contributed by atoms with E-state index in [1.54, 1.807) is 0 Å². The van der Waals surface area contributed by atoms with E-state index < -0.39 is 11.7 Å². The van der Waals surface area contributed by atoms with E-state index in [1.807, 2.05) is 34.7 Å². The van der Waals surface area contributed by atoms with Gasteiger partial charge in [-0.1, -0.05) is 26.5 Å². The van der Waals surface area contributed by atoms with E-state index in [1.165, 1.54) is 12.1 Å². The van der Waals surface area contributed by atoms with Gasteiger partial charge in [-0.3, -0.25) is 0 Å². The lowest BCUT2D eigenvalue weighted by Crippen LogP contribution is -2.40. The molecule has 0 radical (unpaired) electrons.